The van der Waals surface area contributed by atoms with Gasteiger partial charge < -0.3 is 9.47 Å². The molecule has 0 spiro atoms. The van der Waals surface area contributed by atoms with E-state index in [1.807, 2.05) is 30.3 Å². The predicted molar refractivity (Wildman–Crippen MR) is 127 cm³/mol. The van der Waals surface area contributed by atoms with E-state index in [1.54, 1.807) is 37.4 Å². The molecule has 0 unspecified atom stereocenters. The molecule has 8 nitrogen and oxygen atoms in total. The molecule has 0 fully saturated rings. The SMILES string of the molecule is COc1ccc(/C=N\NC(=O)c2cc3cc([N+](=O)[O-])ccc3s2)cc1OCc1ccccc1. The van der Waals surface area contributed by atoms with Crippen molar-refractivity contribution in [1.82, 2.24) is 5.43 Å². The van der Waals surface area contributed by atoms with E-state index in [2.05, 4.69) is 10.5 Å². The van der Waals surface area contributed by atoms with Crippen molar-refractivity contribution in [3.63, 3.8) is 0 Å². The van der Waals surface area contributed by atoms with Crippen LogP contribution in [0.4, 0.5) is 5.69 Å². The zero-order chi connectivity index (χ0) is 23.2. The van der Waals surface area contributed by atoms with Gasteiger partial charge in [-0.1, -0.05) is 30.3 Å². The van der Waals surface area contributed by atoms with Crippen LogP contribution in [0.1, 0.15) is 20.8 Å². The van der Waals surface area contributed by atoms with E-state index in [4.69, 9.17) is 9.47 Å². The molecule has 9 heteroatoms. The number of thiophene rings is 1. The summed E-state index contributed by atoms with van der Waals surface area (Å²) in [7, 11) is 1.57. The molecule has 0 aliphatic carbocycles. The average molecular weight is 461 g/mol. The van der Waals surface area contributed by atoms with Gasteiger partial charge in [0.05, 0.1) is 23.1 Å². The van der Waals surface area contributed by atoms with Crippen molar-refractivity contribution < 1.29 is 19.2 Å². The summed E-state index contributed by atoms with van der Waals surface area (Å²) in [6.07, 6.45) is 1.50. The molecular formula is C24H19N3O5S. The second kappa shape index (κ2) is 9.92. The lowest BCUT2D eigenvalue weighted by molar-refractivity contribution is -0.384. The summed E-state index contributed by atoms with van der Waals surface area (Å²) < 4.78 is 12.0. The molecule has 4 rings (SSSR count). The highest BCUT2D eigenvalue weighted by molar-refractivity contribution is 7.20. The number of hydrogen-bond acceptors (Lipinski definition) is 7. The maximum absolute atomic E-state index is 12.5. The van der Waals surface area contributed by atoms with Crippen LogP contribution in [-0.2, 0) is 6.61 Å². The number of nitro benzene ring substituents is 1. The Labute approximate surface area is 193 Å². The Morgan fingerprint density at radius 2 is 1.91 bits per heavy atom. The average Bonchev–Trinajstić information content (AvgIpc) is 3.27. The molecule has 0 aliphatic rings. The van der Waals surface area contributed by atoms with Crippen LogP contribution < -0.4 is 14.9 Å². The molecule has 0 saturated carbocycles. The minimum atomic E-state index is -0.464. The van der Waals surface area contributed by atoms with Crippen LogP contribution in [0.3, 0.4) is 0 Å². The van der Waals surface area contributed by atoms with Gasteiger partial charge in [0.15, 0.2) is 11.5 Å². The molecule has 0 saturated heterocycles. The lowest BCUT2D eigenvalue weighted by Gasteiger charge is -2.11. The summed E-state index contributed by atoms with van der Waals surface area (Å²) >= 11 is 1.24. The Balaban J connectivity index is 1.43. The first-order chi connectivity index (χ1) is 16.0. The number of nitro groups is 1. The first kappa shape index (κ1) is 22.0. The van der Waals surface area contributed by atoms with Gasteiger partial charge in [-0.15, -0.1) is 11.3 Å². The Hall–Kier alpha value is -4.24. The van der Waals surface area contributed by atoms with E-state index in [9.17, 15) is 14.9 Å². The number of benzene rings is 3. The number of rotatable bonds is 8. The first-order valence-electron chi connectivity index (χ1n) is 9.89. The van der Waals surface area contributed by atoms with Crippen LogP contribution >= 0.6 is 11.3 Å². The Kier molecular flexibility index (Phi) is 6.61. The number of non-ortho nitro benzene ring substituents is 1. The van der Waals surface area contributed by atoms with Crippen molar-refractivity contribution in [2.45, 2.75) is 6.61 Å². The highest BCUT2D eigenvalue weighted by Gasteiger charge is 2.13. The van der Waals surface area contributed by atoms with E-state index in [-0.39, 0.29) is 5.69 Å². The van der Waals surface area contributed by atoms with Crippen molar-refractivity contribution in [1.29, 1.82) is 0 Å². The van der Waals surface area contributed by atoms with Crippen LogP contribution in [0.2, 0.25) is 0 Å². The molecule has 33 heavy (non-hydrogen) atoms. The second-order valence-electron chi connectivity index (χ2n) is 6.97. The molecular weight excluding hydrogens is 442 g/mol. The van der Waals surface area contributed by atoms with Gasteiger partial charge in [-0.25, -0.2) is 5.43 Å². The number of methoxy groups -OCH3 is 1. The van der Waals surface area contributed by atoms with Crippen LogP contribution in [-0.4, -0.2) is 24.2 Å². The van der Waals surface area contributed by atoms with Crippen molar-refractivity contribution in [2.24, 2.45) is 5.10 Å². The summed E-state index contributed by atoms with van der Waals surface area (Å²) in [5.41, 5.74) is 4.21. The second-order valence-corrected chi connectivity index (χ2v) is 8.06. The summed E-state index contributed by atoms with van der Waals surface area (Å²) in [5.74, 6) is 0.749. The summed E-state index contributed by atoms with van der Waals surface area (Å²) in [5, 5.41) is 15.6. The van der Waals surface area contributed by atoms with Gasteiger partial charge in [-0.2, -0.15) is 5.10 Å². The third-order valence-electron chi connectivity index (χ3n) is 4.74. The van der Waals surface area contributed by atoms with E-state index in [0.717, 1.165) is 10.3 Å². The minimum Gasteiger partial charge on any atom is -0.493 e. The number of hydrogen-bond donors (Lipinski definition) is 1. The van der Waals surface area contributed by atoms with Gasteiger partial charge in [-0.3, -0.25) is 14.9 Å². The molecule has 166 valence electrons. The van der Waals surface area contributed by atoms with Crippen molar-refractivity contribution in [2.75, 3.05) is 7.11 Å². The van der Waals surface area contributed by atoms with Gasteiger partial charge >= 0.3 is 0 Å². The topological polar surface area (TPSA) is 103 Å². The third-order valence-corrected chi connectivity index (χ3v) is 5.85. The number of nitrogens with one attached hydrogen (secondary N) is 1. The highest BCUT2D eigenvalue weighted by atomic mass is 32.1. The molecule has 0 atom stereocenters. The van der Waals surface area contributed by atoms with Crippen LogP contribution in [0, 0.1) is 10.1 Å². The van der Waals surface area contributed by atoms with Gasteiger partial charge in [0.1, 0.15) is 6.61 Å². The van der Waals surface area contributed by atoms with Crippen molar-refractivity contribution >= 4 is 39.2 Å². The number of amides is 1. The van der Waals surface area contributed by atoms with Gasteiger partial charge in [0.2, 0.25) is 0 Å². The van der Waals surface area contributed by atoms with Gasteiger partial charge in [0.25, 0.3) is 11.6 Å². The Morgan fingerprint density at radius 1 is 1.09 bits per heavy atom. The molecule has 1 amide bonds. The summed E-state index contributed by atoms with van der Waals surface area (Å²) in [6.45, 7) is 0.388. The maximum Gasteiger partial charge on any atom is 0.281 e. The molecule has 0 radical (unpaired) electrons. The van der Waals surface area contributed by atoms with E-state index < -0.39 is 10.8 Å². The number of carbonyl (C=O) groups excluding carboxylic acids is 1. The normalized spacial score (nSPS) is 10.9. The monoisotopic (exact) mass is 461 g/mol. The molecule has 1 aromatic heterocycles. The first-order valence-corrected chi connectivity index (χ1v) is 10.7. The number of hydrazone groups is 1. The zero-order valence-corrected chi connectivity index (χ0v) is 18.4. The minimum absolute atomic E-state index is 0.0185. The fourth-order valence-corrected chi connectivity index (χ4v) is 4.03. The van der Waals surface area contributed by atoms with E-state index in [0.29, 0.717) is 33.9 Å². The maximum atomic E-state index is 12.5. The van der Waals surface area contributed by atoms with Gasteiger partial charge in [-0.05, 0) is 41.5 Å². The fraction of sp³-hybridized carbons (Fsp3) is 0.0833. The Bertz CT molecular complexity index is 1330. The molecule has 4 aromatic rings. The van der Waals surface area contributed by atoms with Crippen LogP contribution in [0.5, 0.6) is 11.5 Å². The lowest BCUT2D eigenvalue weighted by Crippen LogP contribution is -2.16. The summed E-state index contributed by atoms with van der Waals surface area (Å²) in [6, 6.07) is 21.2. The molecule has 3 aromatic carbocycles. The predicted octanol–water partition coefficient (Wildman–Crippen LogP) is 5.16. The van der Waals surface area contributed by atoms with Crippen LogP contribution in [0.15, 0.2) is 77.9 Å². The Morgan fingerprint density at radius 3 is 2.67 bits per heavy atom. The van der Waals surface area contributed by atoms with E-state index >= 15 is 0 Å². The highest BCUT2D eigenvalue weighted by Crippen LogP contribution is 2.30. The van der Waals surface area contributed by atoms with Crippen molar-refractivity contribution in [3.8, 4) is 11.5 Å². The summed E-state index contributed by atoms with van der Waals surface area (Å²) in [4.78, 5) is 23.3. The third kappa shape index (κ3) is 5.34. The number of nitrogens with zero attached hydrogens (tertiary/aromatic N) is 2. The molecule has 0 bridgehead atoms. The molecule has 1 N–H and O–H groups in total. The zero-order valence-electron chi connectivity index (χ0n) is 17.6. The van der Waals surface area contributed by atoms with Gasteiger partial charge in [0, 0.05) is 22.2 Å². The number of ether oxygens (including phenoxy) is 2. The largest absolute Gasteiger partial charge is 0.493 e. The van der Waals surface area contributed by atoms with Crippen molar-refractivity contribution in [3.05, 3.63) is 98.9 Å². The lowest BCUT2D eigenvalue weighted by atomic mass is 10.2. The quantitative estimate of drug-likeness (QED) is 0.222. The fourth-order valence-electron chi connectivity index (χ4n) is 3.10. The standard InChI is InChI=1S/C24H19N3O5S/c1-31-20-9-7-17(11-21(20)32-15-16-5-3-2-4-6-16)14-25-26-24(28)23-13-18-12-19(27(29)30)8-10-22(18)33-23/h2-14H,15H2,1H3,(H,26,28)/b25-14-. The molecule has 1 heterocycles. The van der Waals surface area contributed by atoms with Crippen LogP contribution in [0.25, 0.3) is 10.1 Å². The number of carbonyl (C=O) groups is 1. The molecule has 0 aliphatic heterocycles. The smallest absolute Gasteiger partial charge is 0.281 e. The number of fused-ring (bicyclic) bond motifs is 1. The van der Waals surface area contributed by atoms with E-state index in [1.165, 1.54) is 29.7 Å².